The molecule has 1 heterocycles. The molecule has 0 aromatic heterocycles. The maximum Gasteiger partial charge on any atom is 0.341 e. The smallest absolute Gasteiger partial charge is 0.341 e. The van der Waals surface area contributed by atoms with Crippen molar-refractivity contribution >= 4 is 29.2 Å². The summed E-state index contributed by atoms with van der Waals surface area (Å²) in [5.41, 5.74) is 2.63. The highest BCUT2D eigenvalue weighted by Crippen LogP contribution is 2.26. The lowest BCUT2D eigenvalue weighted by atomic mass is 10.0. The Hall–Kier alpha value is -3.35. The summed E-state index contributed by atoms with van der Waals surface area (Å²) in [4.78, 5) is 34.4. The van der Waals surface area contributed by atoms with E-state index in [0.29, 0.717) is 35.5 Å². The molecule has 3 rings (SSSR count). The Bertz CT molecular complexity index is 847. The van der Waals surface area contributed by atoms with Crippen LogP contribution in [0.5, 0.6) is 5.75 Å². The molecule has 0 unspecified atom stereocenters. The molecule has 7 nitrogen and oxygen atoms in total. The largest absolute Gasteiger partial charge is 0.482 e. The first-order valence-corrected chi connectivity index (χ1v) is 7.70. The van der Waals surface area contributed by atoms with Crippen molar-refractivity contribution < 1.29 is 24.2 Å². The Morgan fingerprint density at radius 2 is 2.00 bits per heavy atom. The highest BCUT2D eigenvalue weighted by molar-refractivity contribution is 6.05. The summed E-state index contributed by atoms with van der Waals surface area (Å²) in [6, 6.07) is 11.6. The van der Waals surface area contributed by atoms with Crippen LogP contribution in [-0.4, -0.2) is 29.5 Å². The first-order valence-electron chi connectivity index (χ1n) is 7.70. The van der Waals surface area contributed by atoms with E-state index < -0.39 is 12.6 Å². The van der Waals surface area contributed by atoms with Crippen LogP contribution in [0, 0.1) is 0 Å². The lowest BCUT2D eigenvalue weighted by Gasteiger charge is -2.17. The summed E-state index contributed by atoms with van der Waals surface area (Å²) < 4.78 is 5.07. The van der Waals surface area contributed by atoms with Gasteiger partial charge in [0.05, 0.1) is 0 Å². The van der Waals surface area contributed by atoms with Gasteiger partial charge in [0.25, 0.3) is 5.91 Å². The van der Waals surface area contributed by atoms with E-state index in [-0.39, 0.29) is 11.8 Å². The van der Waals surface area contributed by atoms with E-state index in [4.69, 9.17) is 9.84 Å². The first-order chi connectivity index (χ1) is 12.0. The van der Waals surface area contributed by atoms with Crippen molar-refractivity contribution in [3.8, 4) is 5.75 Å². The van der Waals surface area contributed by atoms with Gasteiger partial charge < -0.3 is 20.5 Å². The predicted octanol–water partition coefficient (Wildman–Crippen LogP) is 2.29. The standard InChI is InChI=1S/C18H16N2O5/c21-16-7-5-11-4-6-13(9-15(11)20-16)19-18(24)12-2-1-3-14(8-12)25-10-17(22)23/h1-4,6,8-9H,5,7,10H2,(H,19,24)(H,20,21)(H,22,23). The molecule has 1 aliphatic rings. The van der Waals surface area contributed by atoms with Crippen LogP contribution in [0.15, 0.2) is 42.5 Å². The summed E-state index contributed by atoms with van der Waals surface area (Å²) in [7, 11) is 0. The maximum absolute atomic E-state index is 12.4. The van der Waals surface area contributed by atoms with Crippen LogP contribution in [0.3, 0.4) is 0 Å². The van der Waals surface area contributed by atoms with Crippen LogP contribution in [0.25, 0.3) is 0 Å². The molecule has 25 heavy (non-hydrogen) atoms. The minimum Gasteiger partial charge on any atom is -0.482 e. The van der Waals surface area contributed by atoms with Crippen molar-refractivity contribution in [3.05, 3.63) is 53.6 Å². The Kier molecular flexibility index (Phi) is 4.65. The Morgan fingerprint density at radius 3 is 2.80 bits per heavy atom. The Balaban J connectivity index is 1.72. The molecular weight excluding hydrogens is 324 g/mol. The average Bonchev–Trinajstić information content (AvgIpc) is 2.60. The third-order valence-corrected chi connectivity index (χ3v) is 3.72. The van der Waals surface area contributed by atoms with Crippen molar-refractivity contribution in [2.75, 3.05) is 17.2 Å². The highest BCUT2D eigenvalue weighted by Gasteiger charge is 2.15. The molecule has 0 bridgehead atoms. The molecule has 1 aliphatic heterocycles. The Labute approximate surface area is 143 Å². The van der Waals surface area contributed by atoms with Gasteiger partial charge in [-0.15, -0.1) is 0 Å². The van der Waals surface area contributed by atoms with Gasteiger partial charge in [-0.3, -0.25) is 9.59 Å². The van der Waals surface area contributed by atoms with Gasteiger partial charge in [-0.1, -0.05) is 12.1 Å². The average molecular weight is 340 g/mol. The van der Waals surface area contributed by atoms with Crippen LogP contribution in [0.2, 0.25) is 0 Å². The maximum atomic E-state index is 12.4. The van der Waals surface area contributed by atoms with E-state index in [2.05, 4.69) is 10.6 Å². The molecule has 0 spiro atoms. The molecule has 128 valence electrons. The number of carbonyl (C=O) groups is 3. The van der Waals surface area contributed by atoms with Crippen LogP contribution >= 0.6 is 0 Å². The molecule has 0 fully saturated rings. The molecule has 7 heteroatoms. The van der Waals surface area contributed by atoms with E-state index in [0.717, 1.165) is 5.56 Å². The van der Waals surface area contributed by atoms with Crippen molar-refractivity contribution in [3.63, 3.8) is 0 Å². The number of hydrogen-bond acceptors (Lipinski definition) is 4. The number of carboxylic acid groups (broad SMARTS) is 1. The van der Waals surface area contributed by atoms with E-state index in [1.807, 2.05) is 6.07 Å². The SMILES string of the molecule is O=C(O)COc1cccc(C(=O)Nc2ccc3c(c2)NC(=O)CC3)c1. The number of amides is 2. The molecule has 3 N–H and O–H groups in total. The molecule has 0 aliphatic carbocycles. The predicted molar refractivity (Wildman–Crippen MR) is 90.9 cm³/mol. The lowest BCUT2D eigenvalue weighted by molar-refractivity contribution is -0.139. The summed E-state index contributed by atoms with van der Waals surface area (Å²) >= 11 is 0. The third-order valence-electron chi connectivity index (χ3n) is 3.72. The summed E-state index contributed by atoms with van der Waals surface area (Å²) in [5, 5.41) is 14.2. The van der Waals surface area contributed by atoms with Gasteiger partial charge in [-0.25, -0.2) is 4.79 Å². The highest BCUT2D eigenvalue weighted by atomic mass is 16.5. The van der Waals surface area contributed by atoms with E-state index in [1.165, 1.54) is 6.07 Å². The number of ether oxygens (including phenoxy) is 1. The molecule has 0 atom stereocenters. The number of fused-ring (bicyclic) bond motifs is 1. The number of benzene rings is 2. The number of anilines is 2. The molecular formula is C18H16N2O5. The molecule has 0 saturated carbocycles. The number of carboxylic acids is 1. The Morgan fingerprint density at radius 1 is 1.16 bits per heavy atom. The third kappa shape index (κ3) is 4.14. The number of carbonyl (C=O) groups excluding carboxylic acids is 2. The molecule has 2 amide bonds. The van der Waals surface area contributed by atoms with Crippen molar-refractivity contribution in [2.24, 2.45) is 0 Å². The molecule has 0 saturated heterocycles. The van der Waals surface area contributed by atoms with Gasteiger partial charge in [0.15, 0.2) is 6.61 Å². The second kappa shape index (κ2) is 7.04. The van der Waals surface area contributed by atoms with Gasteiger partial charge in [0, 0.05) is 23.4 Å². The van der Waals surface area contributed by atoms with Crippen molar-refractivity contribution in [1.82, 2.24) is 0 Å². The molecule has 0 radical (unpaired) electrons. The van der Waals surface area contributed by atoms with Gasteiger partial charge in [0.2, 0.25) is 5.91 Å². The number of nitrogens with one attached hydrogen (secondary N) is 2. The zero-order chi connectivity index (χ0) is 17.8. The minimum absolute atomic E-state index is 0.0424. The minimum atomic E-state index is -1.09. The fourth-order valence-electron chi connectivity index (χ4n) is 2.52. The topological polar surface area (TPSA) is 105 Å². The van der Waals surface area contributed by atoms with Crippen LogP contribution in [0.4, 0.5) is 11.4 Å². The van der Waals surface area contributed by atoms with Gasteiger partial charge in [-0.05, 0) is 42.3 Å². The second-order valence-electron chi connectivity index (χ2n) is 5.58. The number of hydrogen-bond donors (Lipinski definition) is 3. The zero-order valence-electron chi connectivity index (χ0n) is 13.2. The van der Waals surface area contributed by atoms with Gasteiger partial charge in [0.1, 0.15) is 5.75 Å². The number of aryl methyl sites for hydroxylation is 1. The number of aliphatic carboxylic acids is 1. The van der Waals surface area contributed by atoms with Crippen molar-refractivity contribution in [1.29, 1.82) is 0 Å². The monoisotopic (exact) mass is 340 g/mol. The molecule has 2 aromatic carbocycles. The fraction of sp³-hybridized carbons (Fsp3) is 0.167. The zero-order valence-corrected chi connectivity index (χ0v) is 13.2. The van der Waals surface area contributed by atoms with Crippen LogP contribution in [-0.2, 0) is 16.0 Å². The van der Waals surface area contributed by atoms with Crippen molar-refractivity contribution in [2.45, 2.75) is 12.8 Å². The van der Waals surface area contributed by atoms with Crippen LogP contribution in [0.1, 0.15) is 22.3 Å². The summed E-state index contributed by atoms with van der Waals surface area (Å²) in [6.07, 6.45) is 1.14. The lowest BCUT2D eigenvalue weighted by Crippen LogP contribution is -2.19. The number of rotatable bonds is 5. The second-order valence-corrected chi connectivity index (χ2v) is 5.58. The van der Waals surface area contributed by atoms with E-state index in [1.54, 1.807) is 30.3 Å². The van der Waals surface area contributed by atoms with Gasteiger partial charge >= 0.3 is 5.97 Å². The first kappa shape index (κ1) is 16.5. The quantitative estimate of drug-likeness (QED) is 0.774. The van der Waals surface area contributed by atoms with E-state index in [9.17, 15) is 14.4 Å². The van der Waals surface area contributed by atoms with Gasteiger partial charge in [-0.2, -0.15) is 0 Å². The molecule has 2 aromatic rings. The van der Waals surface area contributed by atoms with Crippen LogP contribution < -0.4 is 15.4 Å². The van der Waals surface area contributed by atoms with E-state index >= 15 is 0 Å². The summed E-state index contributed by atoms with van der Waals surface area (Å²) in [6.45, 7) is -0.477. The summed E-state index contributed by atoms with van der Waals surface area (Å²) in [5.74, 6) is -1.19. The fourth-order valence-corrected chi connectivity index (χ4v) is 2.52. The normalized spacial score (nSPS) is 12.7.